The fourth-order valence-corrected chi connectivity index (χ4v) is 3.29. The van der Waals surface area contributed by atoms with Gasteiger partial charge in [-0.2, -0.15) is 0 Å². The SMILES string of the molecule is N.O=C(O)C(CCCCCCC(C(=O)O)c1ccccc1)c1ccccc1. The molecule has 0 aliphatic carbocycles. The molecule has 0 saturated carbocycles. The Labute approximate surface area is 160 Å². The van der Waals surface area contributed by atoms with E-state index in [0.29, 0.717) is 12.8 Å². The lowest BCUT2D eigenvalue weighted by Crippen LogP contribution is -2.12. The van der Waals surface area contributed by atoms with Gasteiger partial charge in [0, 0.05) is 0 Å². The van der Waals surface area contributed by atoms with Crippen LogP contribution in [0.25, 0.3) is 0 Å². The summed E-state index contributed by atoms with van der Waals surface area (Å²) < 4.78 is 0. The van der Waals surface area contributed by atoms with Crippen molar-refractivity contribution in [1.82, 2.24) is 6.15 Å². The van der Waals surface area contributed by atoms with Gasteiger partial charge in [-0.05, 0) is 24.0 Å². The standard InChI is InChI=1S/C22H26O4.H3N/c23-21(24)19(17-11-5-3-6-12-17)15-9-1-2-10-16-20(22(25)26)18-13-7-4-8-14-18;/h3-8,11-14,19-20H,1-2,9-10,15-16H2,(H,23,24)(H,25,26);1H3. The molecule has 0 aliphatic heterocycles. The first-order valence-electron chi connectivity index (χ1n) is 9.15. The first kappa shape index (κ1) is 22.4. The minimum absolute atomic E-state index is 0. The van der Waals surface area contributed by atoms with Crippen molar-refractivity contribution in [1.29, 1.82) is 0 Å². The number of carboxylic acids is 2. The number of unbranched alkanes of at least 4 members (excludes halogenated alkanes) is 3. The summed E-state index contributed by atoms with van der Waals surface area (Å²) in [6.07, 6.45) is 4.71. The van der Waals surface area contributed by atoms with Gasteiger partial charge in [0.1, 0.15) is 0 Å². The number of rotatable bonds is 11. The van der Waals surface area contributed by atoms with Gasteiger partial charge in [-0.1, -0.05) is 86.3 Å². The molecule has 5 heteroatoms. The van der Waals surface area contributed by atoms with Crippen molar-refractivity contribution >= 4 is 11.9 Å². The van der Waals surface area contributed by atoms with Crippen molar-refractivity contribution in [3.63, 3.8) is 0 Å². The molecular formula is C22H29NO4. The number of hydrogen-bond acceptors (Lipinski definition) is 3. The highest BCUT2D eigenvalue weighted by molar-refractivity contribution is 5.76. The highest BCUT2D eigenvalue weighted by Crippen LogP contribution is 2.25. The molecule has 0 spiro atoms. The van der Waals surface area contributed by atoms with Crippen molar-refractivity contribution in [3.8, 4) is 0 Å². The summed E-state index contributed by atoms with van der Waals surface area (Å²) in [5, 5.41) is 18.8. The zero-order valence-electron chi connectivity index (χ0n) is 15.6. The minimum atomic E-state index is -0.786. The summed E-state index contributed by atoms with van der Waals surface area (Å²) in [6.45, 7) is 0. The van der Waals surface area contributed by atoms with Crippen molar-refractivity contribution in [2.75, 3.05) is 0 Å². The summed E-state index contributed by atoms with van der Waals surface area (Å²) in [5.41, 5.74) is 1.69. The van der Waals surface area contributed by atoms with Crippen molar-refractivity contribution in [2.45, 2.75) is 50.4 Å². The Balaban J connectivity index is 0.00000364. The maximum absolute atomic E-state index is 11.5. The Morgan fingerprint density at radius 1 is 0.630 bits per heavy atom. The average molecular weight is 371 g/mol. The molecule has 2 unspecified atom stereocenters. The van der Waals surface area contributed by atoms with E-state index in [2.05, 4.69) is 0 Å². The minimum Gasteiger partial charge on any atom is -0.481 e. The van der Waals surface area contributed by atoms with E-state index in [1.807, 2.05) is 60.7 Å². The third kappa shape index (κ3) is 7.23. The summed E-state index contributed by atoms with van der Waals surface area (Å²) in [5.74, 6) is -2.50. The molecule has 2 aromatic rings. The molecule has 0 radical (unpaired) electrons. The van der Waals surface area contributed by atoms with Gasteiger partial charge in [0.2, 0.25) is 0 Å². The van der Waals surface area contributed by atoms with Gasteiger partial charge in [0.05, 0.1) is 11.8 Å². The van der Waals surface area contributed by atoms with Crippen LogP contribution in [0.15, 0.2) is 60.7 Å². The largest absolute Gasteiger partial charge is 0.481 e. The van der Waals surface area contributed by atoms with E-state index in [1.54, 1.807) is 0 Å². The van der Waals surface area contributed by atoms with Crippen LogP contribution in [-0.4, -0.2) is 22.2 Å². The number of carboxylic acid groups (broad SMARTS) is 2. The second-order valence-corrected chi connectivity index (χ2v) is 6.59. The van der Waals surface area contributed by atoms with Gasteiger partial charge in [0.25, 0.3) is 0 Å². The molecule has 0 aromatic heterocycles. The van der Waals surface area contributed by atoms with Crippen LogP contribution in [0.2, 0.25) is 0 Å². The van der Waals surface area contributed by atoms with E-state index < -0.39 is 23.8 Å². The van der Waals surface area contributed by atoms with Crippen molar-refractivity contribution in [3.05, 3.63) is 71.8 Å². The van der Waals surface area contributed by atoms with Crippen LogP contribution in [0.3, 0.4) is 0 Å². The molecular weight excluding hydrogens is 342 g/mol. The molecule has 5 nitrogen and oxygen atoms in total. The Morgan fingerprint density at radius 3 is 1.26 bits per heavy atom. The van der Waals surface area contributed by atoms with Crippen LogP contribution in [0.5, 0.6) is 0 Å². The van der Waals surface area contributed by atoms with Gasteiger partial charge >= 0.3 is 11.9 Å². The number of aliphatic carboxylic acids is 2. The summed E-state index contributed by atoms with van der Waals surface area (Å²) in [7, 11) is 0. The van der Waals surface area contributed by atoms with E-state index in [9.17, 15) is 19.8 Å². The molecule has 0 bridgehead atoms. The van der Waals surface area contributed by atoms with E-state index in [1.165, 1.54) is 0 Å². The molecule has 146 valence electrons. The Hall–Kier alpha value is -2.66. The van der Waals surface area contributed by atoms with Gasteiger partial charge in [-0.3, -0.25) is 9.59 Å². The monoisotopic (exact) mass is 371 g/mol. The fraction of sp³-hybridized carbons (Fsp3) is 0.364. The predicted octanol–water partition coefficient (Wildman–Crippen LogP) is 5.23. The van der Waals surface area contributed by atoms with Gasteiger partial charge in [-0.15, -0.1) is 0 Å². The molecule has 0 saturated heterocycles. The van der Waals surface area contributed by atoms with E-state index in [4.69, 9.17) is 0 Å². The second-order valence-electron chi connectivity index (χ2n) is 6.59. The molecule has 0 aliphatic rings. The lowest BCUT2D eigenvalue weighted by Gasteiger charge is -2.14. The lowest BCUT2D eigenvalue weighted by atomic mass is 9.91. The Morgan fingerprint density at radius 2 is 0.963 bits per heavy atom. The highest BCUT2D eigenvalue weighted by atomic mass is 16.4. The van der Waals surface area contributed by atoms with Gasteiger partial charge in [0.15, 0.2) is 0 Å². The van der Waals surface area contributed by atoms with Crippen LogP contribution in [0, 0.1) is 0 Å². The van der Waals surface area contributed by atoms with Crippen LogP contribution < -0.4 is 6.15 Å². The summed E-state index contributed by atoms with van der Waals surface area (Å²) in [4.78, 5) is 23.0. The summed E-state index contributed by atoms with van der Waals surface area (Å²) in [6, 6.07) is 18.6. The van der Waals surface area contributed by atoms with Crippen LogP contribution in [0.1, 0.15) is 61.5 Å². The van der Waals surface area contributed by atoms with E-state index in [-0.39, 0.29) is 6.15 Å². The fourth-order valence-electron chi connectivity index (χ4n) is 3.29. The summed E-state index contributed by atoms with van der Waals surface area (Å²) >= 11 is 0. The normalized spacial score (nSPS) is 12.6. The maximum Gasteiger partial charge on any atom is 0.310 e. The van der Waals surface area contributed by atoms with Gasteiger partial charge in [-0.25, -0.2) is 0 Å². The van der Waals surface area contributed by atoms with Crippen molar-refractivity contribution in [2.24, 2.45) is 0 Å². The quantitative estimate of drug-likeness (QED) is 0.469. The van der Waals surface area contributed by atoms with Crippen LogP contribution in [-0.2, 0) is 9.59 Å². The Kier molecular flexibility index (Phi) is 9.83. The molecule has 5 N–H and O–H groups in total. The third-order valence-corrected chi connectivity index (χ3v) is 4.74. The third-order valence-electron chi connectivity index (χ3n) is 4.74. The van der Waals surface area contributed by atoms with Gasteiger partial charge < -0.3 is 16.4 Å². The first-order valence-corrected chi connectivity index (χ1v) is 9.15. The molecule has 2 aromatic carbocycles. The molecule has 0 amide bonds. The first-order chi connectivity index (χ1) is 12.6. The smallest absolute Gasteiger partial charge is 0.310 e. The molecule has 2 rings (SSSR count). The number of benzene rings is 2. The number of carbonyl (C=O) groups is 2. The van der Waals surface area contributed by atoms with E-state index >= 15 is 0 Å². The molecule has 2 atom stereocenters. The highest BCUT2D eigenvalue weighted by Gasteiger charge is 2.20. The maximum atomic E-state index is 11.5. The zero-order chi connectivity index (χ0) is 18.8. The Bertz CT molecular complexity index is 626. The van der Waals surface area contributed by atoms with E-state index in [0.717, 1.165) is 36.8 Å². The molecule has 0 fully saturated rings. The average Bonchev–Trinajstić information content (AvgIpc) is 2.65. The zero-order valence-corrected chi connectivity index (χ0v) is 15.6. The lowest BCUT2D eigenvalue weighted by molar-refractivity contribution is -0.140. The topological polar surface area (TPSA) is 110 Å². The van der Waals surface area contributed by atoms with Crippen LogP contribution in [0.4, 0.5) is 0 Å². The molecule has 0 heterocycles. The number of hydrogen-bond donors (Lipinski definition) is 3. The van der Waals surface area contributed by atoms with Crippen LogP contribution >= 0.6 is 0 Å². The van der Waals surface area contributed by atoms with Crippen molar-refractivity contribution < 1.29 is 19.8 Å². The molecule has 27 heavy (non-hydrogen) atoms. The predicted molar refractivity (Wildman–Crippen MR) is 106 cm³/mol. The second kappa shape index (κ2) is 11.9.